The molecule has 4 rings (SSSR count). The van der Waals surface area contributed by atoms with Crippen LogP contribution in [-0.2, 0) is 20.9 Å². The lowest BCUT2D eigenvalue weighted by atomic mass is 10.1. The minimum atomic E-state index is -0.737. The molecule has 3 aromatic rings. The Bertz CT molecular complexity index is 1470. The summed E-state index contributed by atoms with van der Waals surface area (Å²) in [6, 6.07) is 20.0. The molecule has 3 aromatic carbocycles. The number of benzene rings is 3. The maximum absolute atomic E-state index is 13.2. The summed E-state index contributed by atoms with van der Waals surface area (Å²) in [6.07, 6.45) is 1.02. The average Bonchev–Trinajstić information content (AvgIpc) is 3.21. The van der Waals surface area contributed by atoms with Gasteiger partial charge in [-0.3, -0.25) is 19.3 Å². The maximum atomic E-state index is 13.2. The second-order valence-corrected chi connectivity index (χ2v) is 9.67. The number of thioether (sulfide) groups is 1. The number of ether oxygens (including phenoxy) is 1. The van der Waals surface area contributed by atoms with Crippen LogP contribution in [0.25, 0.3) is 0 Å². The number of nitrogens with zero attached hydrogens (tertiary/aromatic N) is 2. The molecule has 192 valence electrons. The summed E-state index contributed by atoms with van der Waals surface area (Å²) in [5, 5.41) is 3.29. The third kappa shape index (κ3) is 6.31. The molecule has 1 aliphatic rings. The number of carbonyl (C=O) groups excluding carboxylic acids is 4. The molecule has 1 heterocycles. The number of halogens is 2. The van der Waals surface area contributed by atoms with Crippen molar-refractivity contribution in [3.8, 4) is 0 Å². The molecule has 0 unspecified atom stereocenters. The van der Waals surface area contributed by atoms with Crippen LogP contribution in [0.5, 0.6) is 0 Å². The van der Waals surface area contributed by atoms with Crippen LogP contribution < -0.4 is 10.2 Å². The normalized spacial score (nSPS) is 15.1. The lowest BCUT2D eigenvalue weighted by Crippen LogP contribution is -2.30. The number of hydrogen-bond donors (Lipinski definition) is 1. The molecule has 0 radical (unpaired) electrons. The van der Waals surface area contributed by atoms with Gasteiger partial charge in [-0.2, -0.15) is 4.99 Å². The molecule has 0 bridgehead atoms. The van der Waals surface area contributed by atoms with Crippen molar-refractivity contribution < 1.29 is 23.9 Å². The Morgan fingerprint density at radius 3 is 2.39 bits per heavy atom. The number of nitrogens with one attached hydrogen (secondary N) is 1. The van der Waals surface area contributed by atoms with Crippen LogP contribution >= 0.6 is 35.0 Å². The molecule has 8 nitrogen and oxygen atoms in total. The lowest BCUT2D eigenvalue weighted by molar-refractivity contribution is -0.135. The van der Waals surface area contributed by atoms with Crippen LogP contribution in [0.15, 0.2) is 88.8 Å². The van der Waals surface area contributed by atoms with Gasteiger partial charge in [0.2, 0.25) is 0 Å². The highest BCUT2D eigenvalue weighted by atomic mass is 35.5. The monoisotopic (exact) mass is 567 g/mol. The van der Waals surface area contributed by atoms with Gasteiger partial charge < -0.3 is 10.1 Å². The van der Waals surface area contributed by atoms with E-state index in [0.717, 1.165) is 23.4 Å². The van der Waals surface area contributed by atoms with Gasteiger partial charge in [-0.05, 0) is 59.8 Å². The largest absolute Gasteiger partial charge is 0.466 e. The Morgan fingerprint density at radius 1 is 1.03 bits per heavy atom. The van der Waals surface area contributed by atoms with Gasteiger partial charge in [0.25, 0.3) is 17.7 Å². The molecule has 0 aliphatic carbocycles. The van der Waals surface area contributed by atoms with Crippen LogP contribution in [0.3, 0.4) is 0 Å². The predicted octanol–water partition coefficient (Wildman–Crippen LogP) is 5.26. The second kappa shape index (κ2) is 12.1. The SMILES string of the molecule is COC(=O)C=C1SC(=NC(=O)c2ccc(Cl)cc2Cl)N(c2ccc(C(=O)NCc3ccccc3)cc2)C1=O. The molecule has 11 heteroatoms. The molecule has 0 saturated carbocycles. The number of amides is 3. The Morgan fingerprint density at radius 2 is 1.74 bits per heavy atom. The van der Waals surface area contributed by atoms with Gasteiger partial charge in [-0.15, -0.1) is 0 Å². The minimum Gasteiger partial charge on any atom is -0.466 e. The number of aliphatic imine (C=N–C) groups is 1. The summed E-state index contributed by atoms with van der Waals surface area (Å²) in [6.45, 7) is 0.358. The number of methoxy groups -OCH3 is 1. The van der Waals surface area contributed by atoms with Gasteiger partial charge in [0.15, 0.2) is 5.17 Å². The van der Waals surface area contributed by atoms with E-state index in [2.05, 4.69) is 15.0 Å². The van der Waals surface area contributed by atoms with Crippen molar-refractivity contribution >= 4 is 69.5 Å². The van der Waals surface area contributed by atoms with Crippen LogP contribution in [0, 0.1) is 0 Å². The van der Waals surface area contributed by atoms with E-state index in [4.69, 9.17) is 23.2 Å². The summed E-state index contributed by atoms with van der Waals surface area (Å²) in [7, 11) is 1.18. The van der Waals surface area contributed by atoms with Crippen molar-refractivity contribution in [3.05, 3.63) is 111 Å². The molecular weight excluding hydrogens is 549 g/mol. The number of carbonyl (C=O) groups is 4. The van der Waals surface area contributed by atoms with Gasteiger partial charge in [-0.25, -0.2) is 4.79 Å². The first kappa shape index (κ1) is 27.1. The zero-order valence-corrected chi connectivity index (χ0v) is 22.1. The zero-order valence-electron chi connectivity index (χ0n) is 19.8. The van der Waals surface area contributed by atoms with Crippen molar-refractivity contribution in [2.45, 2.75) is 6.54 Å². The fraction of sp³-hybridized carbons (Fsp3) is 0.0741. The van der Waals surface area contributed by atoms with E-state index >= 15 is 0 Å². The Kier molecular flexibility index (Phi) is 8.62. The fourth-order valence-corrected chi connectivity index (χ4v) is 4.82. The van der Waals surface area contributed by atoms with E-state index in [1.807, 2.05) is 30.3 Å². The van der Waals surface area contributed by atoms with Crippen molar-refractivity contribution in [2.75, 3.05) is 12.0 Å². The molecule has 1 saturated heterocycles. The molecule has 1 fully saturated rings. The molecule has 1 aliphatic heterocycles. The topological polar surface area (TPSA) is 105 Å². The predicted molar refractivity (Wildman–Crippen MR) is 147 cm³/mol. The summed E-state index contributed by atoms with van der Waals surface area (Å²) >= 11 is 12.9. The van der Waals surface area contributed by atoms with Crippen molar-refractivity contribution in [2.24, 2.45) is 4.99 Å². The molecule has 0 aromatic heterocycles. The van der Waals surface area contributed by atoms with E-state index in [9.17, 15) is 19.2 Å². The standard InChI is InChI=1S/C27H19Cl2N3O5S/c1-37-23(33)14-22-26(36)32(27(38-22)31-25(35)20-12-9-18(28)13-21(20)29)19-10-7-17(8-11-19)24(34)30-15-16-5-3-2-4-6-16/h2-14H,15H2,1H3,(H,30,34). The Balaban J connectivity index is 1.61. The second-order valence-electron chi connectivity index (χ2n) is 7.81. The van der Waals surface area contributed by atoms with Gasteiger partial charge in [-0.1, -0.05) is 53.5 Å². The molecule has 1 N–H and O–H groups in total. The fourth-order valence-electron chi connectivity index (χ4n) is 3.39. The van der Waals surface area contributed by atoms with E-state index in [1.54, 1.807) is 24.3 Å². The smallest absolute Gasteiger partial charge is 0.331 e. The van der Waals surface area contributed by atoms with Crippen molar-refractivity contribution in [1.29, 1.82) is 0 Å². The number of esters is 1. The molecule has 38 heavy (non-hydrogen) atoms. The first-order valence-corrected chi connectivity index (χ1v) is 12.7. The van der Waals surface area contributed by atoms with E-state index in [0.29, 0.717) is 22.8 Å². The average molecular weight is 568 g/mol. The molecule has 0 atom stereocenters. The maximum Gasteiger partial charge on any atom is 0.331 e. The third-order valence-electron chi connectivity index (χ3n) is 5.30. The van der Waals surface area contributed by atoms with Crippen molar-refractivity contribution in [3.63, 3.8) is 0 Å². The van der Waals surface area contributed by atoms with Crippen LogP contribution in [0.4, 0.5) is 5.69 Å². The first-order valence-electron chi connectivity index (χ1n) is 11.1. The van der Waals surface area contributed by atoms with E-state index in [-0.39, 0.29) is 26.6 Å². The number of amidine groups is 1. The van der Waals surface area contributed by atoms with Crippen molar-refractivity contribution in [1.82, 2.24) is 5.32 Å². The Labute approximate surface area is 232 Å². The van der Waals surface area contributed by atoms with Gasteiger partial charge >= 0.3 is 5.97 Å². The van der Waals surface area contributed by atoms with Crippen LogP contribution in [-0.4, -0.2) is 36.0 Å². The number of hydrogen-bond acceptors (Lipinski definition) is 6. The zero-order chi connectivity index (χ0) is 27.2. The third-order valence-corrected chi connectivity index (χ3v) is 6.82. The molecular formula is C27H19Cl2N3O5S. The van der Waals surface area contributed by atoms with Gasteiger partial charge in [0.05, 0.1) is 28.3 Å². The van der Waals surface area contributed by atoms with E-state index < -0.39 is 17.8 Å². The van der Waals surface area contributed by atoms with Crippen LogP contribution in [0.2, 0.25) is 10.0 Å². The summed E-state index contributed by atoms with van der Waals surface area (Å²) in [4.78, 5) is 55.8. The lowest BCUT2D eigenvalue weighted by Gasteiger charge is -2.16. The van der Waals surface area contributed by atoms with Crippen LogP contribution in [0.1, 0.15) is 26.3 Å². The number of anilines is 1. The van der Waals surface area contributed by atoms with Gasteiger partial charge in [0, 0.05) is 23.2 Å². The summed E-state index contributed by atoms with van der Waals surface area (Å²) in [5.74, 6) is -2.33. The first-order chi connectivity index (χ1) is 18.3. The summed E-state index contributed by atoms with van der Waals surface area (Å²) in [5.41, 5.74) is 1.75. The number of rotatable bonds is 6. The molecule has 0 spiro atoms. The Hall–Kier alpha value is -3.92. The van der Waals surface area contributed by atoms with Gasteiger partial charge in [0.1, 0.15) is 0 Å². The van der Waals surface area contributed by atoms with E-state index in [1.165, 1.54) is 30.2 Å². The summed E-state index contributed by atoms with van der Waals surface area (Å²) < 4.78 is 4.63. The minimum absolute atomic E-state index is 0.00227. The quantitative estimate of drug-likeness (QED) is 0.322. The highest BCUT2D eigenvalue weighted by molar-refractivity contribution is 8.19. The molecule has 3 amide bonds. The highest BCUT2D eigenvalue weighted by Gasteiger charge is 2.36. The highest BCUT2D eigenvalue weighted by Crippen LogP contribution is 2.35.